The second kappa shape index (κ2) is 9.57. The van der Waals surface area contributed by atoms with Gasteiger partial charge in [-0.2, -0.15) is 4.98 Å². The summed E-state index contributed by atoms with van der Waals surface area (Å²) in [5, 5.41) is 5.53. The molecule has 1 amide bonds. The summed E-state index contributed by atoms with van der Waals surface area (Å²) in [5.41, 5.74) is 2.48. The Morgan fingerprint density at radius 2 is 2.00 bits per heavy atom. The van der Waals surface area contributed by atoms with Crippen molar-refractivity contribution in [3.05, 3.63) is 62.3 Å². The highest BCUT2D eigenvalue weighted by atomic mass is 32.2. The second-order valence-corrected chi connectivity index (χ2v) is 9.08. The Balaban J connectivity index is 1.48. The Morgan fingerprint density at radius 1 is 1.23 bits per heavy atom. The maximum Gasteiger partial charge on any atom is 0.349 e. The zero-order chi connectivity index (χ0) is 21.8. The molecular weight excluding hydrogens is 434 g/mol. The van der Waals surface area contributed by atoms with E-state index in [4.69, 9.17) is 9.47 Å². The molecule has 0 unspecified atom stereocenters. The van der Waals surface area contributed by atoms with Gasteiger partial charge < -0.3 is 14.8 Å². The van der Waals surface area contributed by atoms with Crippen molar-refractivity contribution in [3.8, 4) is 11.5 Å². The lowest BCUT2D eigenvalue weighted by molar-refractivity contribution is -0.113. The van der Waals surface area contributed by atoms with Crippen LogP contribution >= 0.6 is 23.1 Å². The maximum atomic E-state index is 12.7. The van der Waals surface area contributed by atoms with E-state index in [1.54, 1.807) is 48.3 Å². The van der Waals surface area contributed by atoms with Gasteiger partial charge >= 0.3 is 5.69 Å². The summed E-state index contributed by atoms with van der Waals surface area (Å²) in [6.45, 7) is 0.551. The van der Waals surface area contributed by atoms with Crippen LogP contribution in [-0.2, 0) is 24.2 Å². The number of benzene rings is 1. The molecule has 0 saturated carbocycles. The largest absolute Gasteiger partial charge is 0.497 e. The summed E-state index contributed by atoms with van der Waals surface area (Å²) in [4.78, 5) is 30.7. The van der Waals surface area contributed by atoms with Gasteiger partial charge in [0.05, 0.1) is 26.5 Å². The van der Waals surface area contributed by atoms with Crippen LogP contribution in [0.1, 0.15) is 22.6 Å². The van der Waals surface area contributed by atoms with Crippen molar-refractivity contribution in [2.75, 3.05) is 25.3 Å². The minimum absolute atomic E-state index is 0.160. The first-order valence-electron chi connectivity index (χ1n) is 9.88. The molecule has 0 bridgehead atoms. The van der Waals surface area contributed by atoms with Gasteiger partial charge in [-0.1, -0.05) is 17.8 Å². The minimum atomic E-state index is -0.255. The van der Waals surface area contributed by atoms with Crippen LogP contribution in [-0.4, -0.2) is 35.4 Å². The number of nitrogens with one attached hydrogen (secondary N) is 1. The van der Waals surface area contributed by atoms with E-state index in [1.165, 1.54) is 11.8 Å². The van der Waals surface area contributed by atoms with E-state index in [0.717, 1.165) is 35.4 Å². The number of carbonyl (C=O) groups excluding carboxylic acids is 1. The van der Waals surface area contributed by atoms with E-state index >= 15 is 0 Å². The summed E-state index contributed by atoms with van der Waals surface area (Å²) in [5.74, 6) is 1.16. The third kappa shape index (κ3) is 4.94. The van der Waals surface area contributed by atoms with E-state index in [2.05, 4.69) is 10.3 Å². The monoisotopic (exact) mass is 457 g/mol. The van der Waals surface area contributed by atoms with Crippen molar-refractivity contribution in [2.45, 2.75) is 30.8 Å². The zero-order valence-electron chi connectivity index (χ0n) is 17.3. The second-order valence-electron chi connectivity index (χ2n) is 7.08. The molecule has 9 heteroatoms. The van der Waals surface area contributed by atoms with Crippen LogP contribution in [0, 0.1) is 0 Å². The van der Waals surface area contributed by atoms with Crippen LogP contribution in [0.15, 0.2) is 45.5 Å². The van der Waals surface area contributed by atoms with Gasteiger partial charge in [0, 0.05) is 40.0 Å². The van der Waals surface area contributed by atoms with E-state index in [-0.39, 0.29) is 17.3 Å². The first-order chi connectivity index (χ1) is 15.1. The molecule has 2 aromatic heterocycles. The van der Waals surface area contributed by atoms with Gasteiger partial charge in [0.1, 0.15) is 16.5 Å². The third-order valence-electron chi connectivity index (χ3n) is 5.07. The van der Waals surface area contributed by atoms with Gasteiger partial charge in [0.2, 0.25) is 5.91 Å². The minimum Gasteiger partial charge on any atom is -0.497 e. The van der Waals surface area contributed by atoms with Crippen LogP contribution in [0.3, 0.4) is 0 Å². The normalized spacial score (nSPS) is 12.5. The number of methoxy groups -OCH3 is 2. The van der Waals surface area contributed by atoms with Gasteiger partial charge in [0.15, 0.2) is 0 Å². The molecule has 31 heavy (non-hydrogen) atoms. The van der Waals surface area contributed by atoms with E-state index < -0.39 is 0 Å². The van der Waals surface area contributed by atoms with Crippen molar-refractivity contribution in [1.29, 1.82) is 0 Å². The van der Waals surface area contributed by atoms with Crippen LogP contribution in [0.4, 0.5) is 5.69 Å². The highest BCUT2D eigenvalue weighted by Crippen LogP contribution is 2.30. The number of amides is 1. The van der Waals surface area contributed by atoms with Crippen molar-refractivity contribution in [1.82, 2.24) is 9.55 Å². The maximum absolute atomic E-state index is 12.7. The van der Waals surface area contributed by atoms with Crippen LogP contribution in [0.2, 0.25) is 0 Å². The predicted octanol–water partition coefficient (Wildman–Crippen LogP) is 3.59. The SMILES string of the molecule is COc1cc(NC(=O)CSc2nc(=O)n(Cc3cccs3)c3c2CCC3)cc(OC)c1. The van der Waals surface area contributed by atoms with E-state index in [1.807, 2.05) is 17.5 Å². The number of thiophene rings is 1. The zero-order valence-corrected chi connectivity index (χ0v) is 19.0. The topological polar surface area (TPSA) is 82.5 Å². The summed E-state index contributed by atoms with van der Waals surface area (Å²) in [6.07, 6.45) is 2.74. The molecule has 1 N–H and O–H groups in total. The number of carbonyl (C=O) groups is 1. The molecule has 0 atom stereocenters. The van der Waals surface area contributed by atoms with Crippen LogP contribution < -0.4 is 20.5 Å². The fraction of sp³-hybridized carbons (Fsp3) is 0.318. The molecule has 0 saturated heterocycles. The number of rotatable bonds is 8. The summed E-state index contributed by atoms with van der Waals surface area (Å²) < 4.78 is 12.3. The molecule has 3 aromatic rings. The van der Waals surface area contributed by atoms with Crippen LogP contribution in [0.25, 0.3) is 0 Å². The summed E-state index contributed by atoms with van der Waals surface area (Å²) in [6, 6.07) is 9.21. The molecular formula is C22H23N3O4S2. The molecule has 0 spiro atoms. The molecule has 4 rings (SSSR count). The smallest absolute Gasteiger partial charge is 0.349 e. The van der Waals surface area contributed by atoms with Crippen LogP contribution in [0.5, 0.6) is 11.5 Å². The molecule has 2 heterocycles. The fourth-order valence-electron chi connectivity index (χ4n) is 3.64. The lowest BCUT2D eigenvalue weighted by Crippen LogP contribution is -2.27. The predicted molar refractivity (Wildman–Crippen MR) is 123 cm³/mol. The molecule has 1 aliphatic rings. The van der Waals surface area contributed by atoms with Crippen molar-refractivity contribution in [2.24, 2.45) is 0 Å². The summed E-state index contributed by atoms with van der Waals surface area (Å²) in [7, 11) is 3.12. The molecule has 162 valence electrons. The average molecular weight is 458 g/mol. The Bertz CT molecular complexity index is 1120. The number of thioether (sulfide) groups is 1. The van der Waals surface area contributed by atoms with Crippen molar-refractivity contribution >= 4 is 34.7 Å². The van der Waals surface area contributed by atoms with Gasteiger partial charge in [-0.15, -0.1) is 11.3 Å². The standard InChI is InChI=1S/C22H23N3O4S2/c1-28-15-9-14(10-16(11-15)29-2)23-20(26)13-31-21-18-6-3-7-19(18)25(22(27)24-21)12-17-5-4-8-30-17/h4-5,8-11H,3,6-7,12-13H2,1-2H3,(H,23,26). The molecule has 7 nitrogen and oxygen atoms in total. The number of ether oxygens (including phenoxy) is 2. The number of hydrogen-bond donors (Lipinski definition) is 1. The summed E-state index contributed by atoms with van der Waals surface area (Å²) >= 11 is 2.94. The molecule has 0 aliphatic heterocycles. The average Bonchev–Trinajstić information content (AvgIpc) is 3.46. The number of anilines is 1. The van der Waals surface area contributed by atoms with Gasteiger partial charge in [0.25, 0.3) is 0 Å². The first kappa shape index (κ1) is 21.5. The lowest BCUT2D eigenvalue weighted by atomic mass is 10.2. The van der Waals surface area contributed by atoms with E-state index in [0.29, 0.717) is 28.8 Å². The Morgan fingerprint density at radius 3 is 2.68 bits per heavy atom. The Hall–Kier alpha value is -2.78. The number of fused-ring (bicyclic) bond motifs is 1. The third-order valence-corrected chi connectivity index (χ3v) is 6.95. The number of aromatic nitrogens is 2. The Labute approximate surface area is 188 Å². The van der Waals surface area contributed by atoms with Crippen molar-refractivity contribution < 1.29 is 14.3 Å². The number of hydrogen-bond acceptors (Lipinski definition) is 7. The highest BCUT2D eigenvalue weighted by molar-refractivity contribution is 8.00. The quantitative estimate of drug-likeness (QED) is 0.411. The van der Waals surface area contributed by atoms with Crippen molar-refractivity contribution in [3.63, 3.8) is 0 Å². The molecule has 1 aromatic carbocycles. The number of nitrogens with zero attached hydrogens (tertiary/aromatic N) is 2. The highest BCUT2D eigenvalue weighted by Gasteiger charge is 2.22. The fourth-order valence-corrected chi connectivity index (χ4v) is 5.21. The lowest BCUT2D eigenvalue weighted by Gasteiger charge is -2.14. The first-order valence-corrected chi connectivity index (χ1v) is 11.7. The Kier molecular flexibility index (Phi) is 6.62. The van der Waals surface area contributed by atoms with Gasteiger partial charge in [-0.25, -0.2) is 4.79 Å². The van der Waals surface area contributed by atoms with E-state index in [9.17, 15) is 9.59 Å². The van der Waals surface area contributed by atoms with Gasteiger partial charge in [-0.05, 0) is 30.7 Å². The molecule has 0 fully saturated rings. The van der Waals surface area contributed by atoms with Gasteiger partial charge in [-0.3, -0.25) is 9.36 Å². The molecule has 0 radical (unpaired) electrons. The molecule has 1 aliphatic carbocycles.